The van der Waals surface area contributed by atoms with Gasteiger partial charge in [0.2, 0.25) is 0 Å². The Kier molecular flexibility index (Phi) is 5.56. The molecule has 3 heterocycles. The highest BCUT2D eigenvalue weighted by Gasteiger charge is 2.27. The van der Waals surface area contributed by atoms with Gasteiger partial charge < -0.3 is 31.4 Å². The SMILES string of the molecule is Cn1ccc2ccc(Nc3cc(N[C@@H]4CCCC[C@@H]4NC(=O)O)nnc3C(N)=O)nc21. The lowest BCUT2D eigenvalue weighted by Gasteiger charge is -2.32. The molecule has 11 nitrogen and oxygen atoms in total. The molecule has 0 aromatic carbocycles. The fourth-order valence-corrected chi connectivity index (χ4v) is 3.91. The van der Waals surface area contributed by atoms with Crippen LogP contribution in [0, 0.1) is 0 Å². The molecule has 11 heteroatoms. The number of fused-ring (bicyclic) bond motifs is 1. The fourth-order valence-electron chi connectivity index (χ4n) is 3.91. The van der Waals surface area contributed by atoms with Crippen LogP contribution in [0.3, 0.4) is 0 Å². The van der Waals surface area contributed by atoms with Gasteiger partial charge in [0.25, 0.3) is 5.91 Å². The molecule has 3 aromatic rings. The molecule has 0 aliphatic heterocycles. The molecule has 1 saturated carbocycles. The molecular formula is C20H24N8O3. The van der Waals surface area contributed by atoms with E-state index in [4.69, 9.17) is 10.8 Å². The van der Waals surface area contributed by atoms with Crippen molar-refractivity contribution in [1.82, 2.24) is 25.1 Å². The van der Waals surface area contributed by atoms with Crippen molar-refractivity contribution in [2.45, 2.75) is 37.8 Å². The predicted octanol–water partition coefficient (Wildman–Crippen LogP) is 2.20. The first-order chi connectivity index (χ1) is 14.9. The Balaban J connectivity index is 1.60. The van der Waals surface area contributed by atoms with Crippen LogP contribution in [0.5, 0.6) is 0 Å². The number of hydrogen-bond acceptors (Lipinski definition) is 7. The van der Waals surface area contributed by atoms with E-state index in [0.717, 1.165) is 36.7 Å². The highest BCUT2D eigenvalue weighted by Crippen LogP contribution is 2.26. The summed E-state index contributed by atoms with van der Waals surface area (Å²) in [6.07, 6.45) is 4.32. The number of primary amides is 1. The van der Waals surface area contributed by atoms with Crippen molar-refractivity contribution < 1.29 is 14.7 Å². The lowest BCUT2D eigenvalue weighted by Crippen LogP contribution is -2.48. The molecular weight excluding hydrogens is 400 g/mol. The summed E-state index contributed by atoms with van der Waals surface area (Å²) in [5.41, 5.74) is 6.62. The van der Waals surface area contributed by atoms with E-state index >= 15 is 0 Å². The van der Waals surface area contributed by atoms with Gasteiger partial charge in [0.1, 0.15) is 11.5 Å². The quantitative estimate of drug-likeness (QED) is 0.402. The van der Waals surface area contributed by atoms with E-state index in [2.05, 4.69) is 31.1 Å². The molecule has 4 rings (SSSR count). The van der Waals surface area contributed by atoms with Crippen LogP contribution in [-0.4, -0.2) is 48.9 Å². The Morgan fingerprint density at radius 1 is 1.13 bits per heavy atom. The Hall–Kier alpha value is -3.89. The Labute approximate surface area is 178 Å². The number of carbonyl (C=O) groups excluding carboxylic acids is 1. The zero-order chi connectivity index (χ0) is 22.0. The number of carboxylic acid groups (broad SMARTS) is 1. The maximum absolute atomic E-state index is 11.9. The molecule has 0 spiro atoms. The molecule has 0 bridgehead atoms. The predicted molar refractivity (Wildman–Crippen MR) is 115 cm³/mol. The van der Waals surface area contributed by atoms with Crippen LogP contribution in [0.15, 0.2) is 30.5 Å². The Bertz CT molecular complexity index is 1130. The smallest absolute Gasteiger partial charge is 0.404 e. The first kappa shape index (κ1) is 20.4. The van der Waals surface area contributed by atoms with Crippen LogP contribution in [0.2, 0.25) is 0 Å². The topological polar surface area (TPSA) is 160 Å². The third kappa shape index (κ3) is 4.49. The van der Waals surface area contributed by atoms with Crippen LogP contribution in [0.25, 0.3) is 11.0 Å². The number of anilines is 3. The number of aromatic nitrogens is 4. The number of carbonyl (C=O) groups is 2. The van der Waals surface area contributed by atoms with Crippen molar-refractivity contribution in [3.05, 3.63) is 36.2 Å². The largest absolute Gasteiger partial charge is 0.465 e. The average molecular weight is 424 g/mol. The minimum Gasteiger partial charge on any atom is -0.465 e. The second-order valence-corrected chi connectivity index (χ2v) is 7.61. The Morgan fingerprint density at radius 3 is 2.65 bits per heavy atom. The fraction of sp³-hybridized carbons (Fsp3) is 0.350. The van der Waals surface area contributed by atoms with Gasteiger partial charge in [-0.1, -0.05) is 12.8 Å². The normalized spacial score (nSPS) is 18.5. The minimum absolute atomic E-state index is 0.0109. The van der Waals surface area contributed by atoms with Gasteiger partial charge in [0.05, 0.1) is 11.7 Å². The van der Waals surface area contributed by atoms with Crippen LogP contribution in [0.1, 0.15) is 36.2 Å². The standard InChI is InChI=1S/C20H24N8O3/c1-28-9-8-11-6-7-15(25-19(11)28)23-14-10-16(26-27-17(14)18(21)29)22-12-4-2-3-5-13(12)24-20(30)31/h6-10,12-13,24H,2-5H2,1H3,(H2,21,29)(H,30,31)(H2,22,23,25,26)/t12-,13+/m1/s1. The molecule has 1 aliphatic carbocycles. The zero-order valence-corrected chi connectivity index (χ0v) is 17.0. The van der Waals surface area contributed by atoms with Crippen molar-refractivity contribution in [3.63, 3.8) is 0 Å². The Morgan fingerprint density at radius 2 is 1.90 bits per heavy atom. The summed E-state index contributed by atoms with van der Waals surface area (Å²) >= 11 is 0. The lowest BCUT2D eigenvalue weighted by atomic mass is 9.90. The van der Waals surface area contributed by atoms with E-state index < -0.39 is 12.0 Å². The average Bonchev–Trinajstić information content (AvgIpc) is 3.09. The molecule has 162 valence electrons. The molecule has 2 amide bonds. The first-order valence-corrected chi connectivity index (χ1v) is 10.0. The number of pyridine rings is 1. The van der Waals surface area contributed by atoms with Crippen molar-refractivity contribution in [2.24, 2.45) is 12.8 Å². The molecule has 3 aromatic heterocycles. The molecule has 1 aliphatic rings. The van der Waals surface area contributed by atoms with Gasteiger partial charge in [-0.3, -0.25) is 4.79 Å². The second-order valence-electron chi connectivity index (χ2n) is 7.61. The highest BCUT2D eigenvalue weighted by molar-refractivity contribution is 5.97. The van der Waals surface area contributed by atoms with E-state index in [0.29, 0.717) is 17.3 Å². The molecule has 1 fully saturated rings. The van der Waals surface area contributed by atoms with Gasteiger partial charge >= 0.3 is 6.09 Å². The number of rotatable bonds is 6. The monoisotopic (exact) mass is 424 g/mol. The minimum atomic E-state index is -1.06. The van der Waals surface area contributed by atoms with Gasteiger partial charge in [-0.15, -0.1) is 10.2 Å². The summed E-state index contributed by atoms with van der Waals surface area (Å²) in [6.45, 7) is 0. The van der Waals surface area contributed by atoms with E-state index in [-0.39, 0.29) is 17.8 Å². The van der Waals surface area contributed by atoms with E-state index in [1.165, 1.54) is 0 Å². The highest BCUT2D eigenvalue weighted by atomic mass is 16.4. The number of nitrogens with zero attached hydrogens (tertiary/aromatic N) is 4. The van der Waals surface area contributed by atoms with Gasteiger partial charge in [0.15, 0.2) is 11.5 Å². The van der Waals surface area contributed by atoms with E-state index in [1.807, 2.05) is 29.9 Å². The molecule has 2 atom stereocenters. The van der Waals surface area contributed by atoms with Gasteiger partial charge in [-0.05, 0) is 31.0 Å². The molecule has 31 heavy (non-hydrogen) atoms. The number of amides is 2. The maximum atomic E-state index is 11.9. The summed E-state index contributed by atoms with van der Waals surface area (Å²) in [4.78, 5) is 27.6. The number of hydrogen-bond donors (Lipinski definition) is 5. The molecule has 0 radical (unpaired) electrons. The molecule has 0 unspecified atom stereocenters. The maximum Gasteiger partial charge on any atom is 0.404 e. The lowest BCUT2D eigenvalue weighted by molar-refractivity contribution is 0.0995. The van der Waals surface area contributed by atoms with Gasteiger partial charge in [0, 0.05) is 30.7 Å². The second kappa shape index (κ2) is 8.46. The molecule has 6 N–H and O–H groups in total. The van der Waals surface area contributed by atoms with Crippen molar-refractivity contribution in [1.29, 1.82) is 0 Å². The zero-order valence-electron chi connectivity index (χ0n) is 17.0. The van der Waals surface area contributed by atoms with Gasteiger partial charge in [-0.2, -0.15) is 0 Å². The van der Waals surface area contributed by atoms with Crippen molar-refractivity contribution in [2.75, 3.05) is 10.6 Å². The third-order valence-electron chi connectivity index (χ3n) is 5.42. The van der Waals surface area contributed by atoms with Crippen LogP contribution >= 0.6 is 0 Å². The molecule has 0 saturated heterocycles. The van der Waals surface area contributed by atoms with Gasteiger partial charge in [-0.25, -0.2) is 9.78 Å². The summed E-state index contributed by atoms with van der Waals surface area (Å²) in [5, 5.41) is 27.0. The summed E-state index contributed by atoms with van der Waals surface area (Å²) in [7, 11) is 1.90. The first-order valence-electron chi connectivity index (χ1n) is 10.0. The number of nitrogens with one attached hydrogen (secondary N) is 3. The summed E-state index contributed by atoms with van der Waals surface area (Å²) < 4.78 is 1.89. The van der Waals surface area contributed by atoms with Crippen molar-refractivity contribution in [3.8, 4) is 0 Å². The van der Waals surface area contributed by atoms with E-state index in [9.17, 15) is 9.59 Å². The number of nitrogens with two attached hydrogens (primary N) is 1. The van der Waals surface area contributed by atoms with E-state index in [1.54, 1.807) is 12.1 Å². The van der Waals surface area contributed by atoms with Crippen LogP contribution in [-0.2, 0) is 7.05 Å². The summed E-state index contributed by atoms with van der Waals surface area (Å²) in [5.74, 6) is 0.222. The number of aryl methyl sites for hydroxylation is 1. The van der Waals surface area contributed by atoms with Crippen molar-refractivity contribution >= 4 is 40.4 Å². The van der Waals surface area contributed by atoms with Crippen LogP contribution in [0.4, 0.5) is 22.1 Å². The third-order valence-corrected chi connectivity index (χ3v) is 5.42. The summed E-state index contributed by atoms with van der Waals surface area (Å²) in [6, 6.07) is 6.95. The van der Waals surface area contributed by atoms with Crippen LogP contribution < -0.4 is 21.7 Å².